The van der Waals surface area contributed by atoms with Gasteiger partial charge in [-0.05, 0) is 49.7 Å². The number of hydrogen-bond donors (Lipinski definition) is 2. The van der Waals surface area contributed by atoms with Gasteiger partial charge in [0.1, 0.15) is 11.7 Å². The number of piperidine rings is 1. The Morgan fingerprint density at radius 3 is 2.88 bits per heavy atom. The van der Waals surface area contributed by atoms with Gasteiger partial charge in [-0.2, -0.15) is 4.98 Å². The van der Waals surface area contributed by atoms with E-state index in [4.69, 9.17) is 10.5 Å². The van der Waals surface area contributed by atoms with E-state index in [0.29, 0.717) is 19.0 Å². The van der Waals surface area contributed by atoms with Crippen molar-refractivity contribution in [2.75, 3.05) is 51.4 Å². The van der Waals surface area contributed by atoms with Gasteiger partial charge in [0, 0.05) is 45.2 Å². The molecule has 4 aromatic heterocycles. The lowest BCUT2D eigenvalue weighted by molar-refractivity contribution is 0.0990. The summed E-state index contributed by atoms with van der Waals surface area (Å²) >= 11 is 0. The van der Waals surface area contributed by atoms with Crippen LogP contribution in [0.25, 0.3) is 27.8 Å². The maximum atomic E-state index is 12.8. The van der Waals surface area contributed by atoms with Crippen LogP contribution < -0.4 is 11.1 Å². The number of pyridine rings is 2. The van der Waals surface area contributed by atoms with E-state index in [1.54, 1.807) is 24.9 Å². The molecule has 0 spiro atoms. The number of fused-ring (bicyclic) bond motifs is 2. The molecule has 0 saturated carbocycles. The molecule has 0 unspecified atom stereocenters. The van der Waals surface area contributed by atoms with Crippen molar-refractivity contribution in [3.63, 3.8) is 0 Å². The molecule has 1 fully saturated rings. The van der Waals surface area contributed by atoms with Gasteiger partial charge >= 0.3 is 0 Å². The Hall–Kier alpha value is -3.37. The van der Waals surface area contributed by atoms with Crippen molar-refractivity contribution in [2.24, 2.45) is 0 Å². The monoisotopic (exact) mass is 452 g/mol. The Morgan fingerprint density at radius 1 is 1.21 bits per heavy atom. The number of methoxy groups -OCH3 is 1. The highest BCUT2D eigenvalue weighted by Gasteiger charge is 2.18. The lowest BCUT2D eigenvalue weighted by atomic mass is 10.1. The van der Waals surface area contributed by atoms with Crippen molar-refractivity contribution in [1.29, 1.82) is 0 Å². The Morgan fingerprint density at radius 2 is 2.09 bits per heavy atom. The second-order valence-corrected chi connectivity index (χ2v) is 7.86. The number of ether oxygens (including phenoxy) is 1. The van der Waals surface area contributed by atoms with Crippen LogP contribution in [0.15, 0.2) is 42.7 Å². The normalized spacial score (nSPS) is 16.5. The fourth-order valence-electron chi connectivity index (χ4n) is 3.95. The third kappa shape index (κ3) is 5.35. The van der Waals surface area contributed by atoms with Crippen molar-refractivity contribution in [3.8, 4) is 11.3 Å². The van der Waals surface area contributed by atoms with E-state index in [-0.39, 0.29) is 5.95 Å². The molecule has 3 N–H and O–H groups in total. The van der Waals surface area contributed by atoms with E-state index in [9.17, 15) is 4.39 Å². The molecule has 0 aromatic carbocycles. The predicted octanol–water partition coefficient (Wildman–Crippen LogP) is 3.03. The molecule has 33 heavy (non-hydrogen) atoms. The summed E-state index contributed by atoms with van der Waals surface area (Å²) in [4.78, 5) is 15.3. The number of likely N-dealkylation sites (tertiary alicyclic amines) is 1. The molecule has 9 nitrogen and oxygen atoms in total. The first kappa shape index (κ1) is 22.8. The molecule has 1 atom stereocenters. The maximum Gasteiger partial charge on any atom is 0.240 e. The Bertz CT molecular complexity index is 1210. The zero-order chi connectivity index (χ0) is 23.2. The van der Waals surface area contributed by atoms with Gasteiger partial charge in [-0.15, -0.1) is 5.10 Å². The Balaban J connectivity index is 0.000000200. The summed E-state index contributed by atoms with van der Waals surface area (Å²) in [5.41, 5.74) is 10.1. The molecule has 174 valence electrons. The molecule has 10 heteroatoms. The van der Waals surface area contributed by atoms with Crippen LogP contribution in [-0.4, -0.2) is 76.0 Å². The summed E-state index contributed by atoms with van der Waals surface area (Å²) in [6.07, 6.45) is 4.72. The third-order valence-electron chi connectivity index (χ3n) is 5.56. The molecule has 0 amide bonds. The van der Waals surface area contributed by atoms with Crippen LogP contribution >= 0.6 is 0 Å². The number of nitrogens with two attached hydrogens (primary N) is 1. The molecule has 5 rings (SSSR count). The predicted molar refractivity (Wildman–Crippen MR) is 128 cm³/mol. The first-order valence-corrected chi connectivity index (χ1v) is 11.0. The number of hydrogen-bond acceptors (Lipinski definition) is 8. The number of anilines is 2. The van der Waals surface area contributed by atoms with Gasteiger partial charge in [0.2, 0.25) is 5.95 Å². The van der Waals surface area contributed by atoms with Crippen LogP contribution in [0.1, 0.15) is 12.8 Å². The molecular weight excluding hydrogens is 423 g/mol. The third-order valence-corrected chi connectivity index (χ3v) is 5.56. The first-order chi connectivity index (χ1) is 16.1. The highest BCUT2D eigenvalue weighted by molar-refractivity contribution is 5.89. The molecule has 1 aliphatic heterocycles. The molecule has 1 saturated heterocycles. The van der Waals surface area contributed by atoms with E-state index in [1.165, 1.54) is 0 Å². The summed E-state index contributed by atoms with van der Waals surface area (Å²) in [7, 11) is 3.48. The molecule has 5 heterocycles. The van der Waals surface area contributed by atoms with E-state index >= 15 is 0 Å². The summed E-state index contributed by atoms with van der Waals surface area (Å²) in [6, 6.07) is 9.67. The second kappa shape index (κ2) is 10.5. The van der Waals surface area contributed by atoms with Crippen molar-refractivity contribution >= 4 is 28.3 Å². The summed E-state index contributed by atoms with van der Waals surface area (Å²) in [5.74, 6) is 0.884. The van der Waals surface area contributed by atoms with Crippen LogP contribution in [0.3, 0.4) is 0 Å². The van der Waals surface area contributed by atoms with Crippen molar-refractivity contribution in [2.45, 2.75) is 19.0 Å². The van der Waals surface area contributed by atoms with Gasteiger partial charge < -0.3 is 15.8 Å². The minimum absolute atomic E-state index is 0.217. The van der Waals surface area contributed by atoms with Gasteiger partial charge in [-0.1, -0.05) is 0 Å². The van der Waals surface area contributed by atoms with Crippen molar-refractivity contribution in [1.82, 2.24) is 29.5 Å². The smallest absolute Gasteiger partial charge is 0.240 e. The lowest BCUT2D eigenvalue weighted by Crippen LogP contribution is -2.38. The molecule has 0 bridgehead atoms. The summed E-state index contributed by atoms with van der Waals surface area (Å²) in [5, 5.41) is 7.25. The quantitative estimate of drug-likeness (QED) is 0.476. The number of rotatable bonds is 5. The number of aromatic nitrogens is 5. The number of nitrogens with zero attached hydrogens (tertiary/aromatic N) is 6. The molecule has 1 aliphatic rings. The van der Waals surface area contributed by atoms with Crippen LogP contribution in [0.2, 0.25) is 0 Å². The average molecular weight is 453 g/mol. The van der Waals surface area contributed by atoms with E-state index in [2.05, 4.69) is 30.3 Å². The minimum Gasteiger partial charge on any atom is -0.383 e. The number of halogens is 1. The molecule has 0 aliphatic carbocycles. The number of alkyl halides is 1. The van der Waals surface area contributed by atoms with Gasteiger partial charge in [0.05, 0.1) is 23.3 Å². The van der Waals surface area contributed by atoms with Crippen LogP contribution in [0.4, 0.5) is 16.2 Å². The number of nitrogens with one attached hydrogen (secondary N) is 1. The van der Waals surface area contributed by atoms with E-state index in [1.807, 2.05) is 36.5 Å². The van der Waals surface area contributed by atoms with Gasteiger partial charge in [-0.3, -0.25) is 9.88 Å². The minimum atomic E-state index is -0.611. The van der Waals surface area contributed by atoms with Crippen LogP contribution in [0, 0.1) is 0 Å². The Kier molecular flexibility index (Phi) is 7.26. The van der Waals surface area contributed by atoms with E-state index in [0.717, 1.165) is 53.7 Å². The highest BCUT2D eigenvalue weighted by Crippen LogP contribution is 2.29. The Labute approximate surface area is 191 Å². The zero-order valence-corrected chi connectivity index (χ0v) is 18.9. The van der Waals surface area contributed by atoms with Crippen LogP contribution in [0.5, 0.6) is 0 Å². The fourth-order valence-corrected chi connectivity index (χ4v) is 3.95. The highest BCUT2D eigenvalue weighted by atomic mass is 19.1. The topological polar surface area (TPSA) is 106 Å². The summed E-state index contributed by atoms with van der Waals surface area (Å²) < 4.78 is 19.4. The van der Waals surface area contributed by atoms with Crippen LogP contribution in [-0.2, 0) is 4.74 Å². The van der Waals surface area contributed by atoms with Gasteiger partial charge in [0.15, 0.2) is 5.82 Å². The lowest BCUT2D eigenvalue weighted by Gasteiger charge is -2.28. The molecule has 0 radical (unpaired) electrons. The SMILES string of the molecule is CNc1nc(N)nn2ccc(-c3ccc4ncccc4n3)c12.COCCN1CCC[C@@H](F)C1. The summed E-state index contributed by atoms with van der Waals surface area (Å²) in [6.45, 7) is 3.22. The zero-order valence-electron chi connectivity index (χ0n) is 18.9. The average Bonchev–Trinajstić information content (AvgIpc) is 3.26. The fraction of sp³-hybridized carbons (Fsp3) is 0.391. The van der Waals surface area contributed by atoms with Crippen molar-refractivity contribution < 1.29 is 9.13 Å². The van der Waals surface area contributed by atoms with Gasteiger partial charge in [0.25, 0.3) is 0 Å². The largest absolute Gasteiger partial charge is 0.383 e. The maximum absolute atomic E-state index is 12.8. The first-order valence-electron chi connectivity index (χ1n) is 11.0. The standard InChI is InChI=1S/C15H13N7.C8H16FNO/c1-17-14-13-9(6-8-22(13)21-15(16)20-14)10-4-5-11-12(19-10)3-2-7-18-11;1-11-6-5-10-4-2-3-8(9)7-10/h2-8H,1H3,(H3,16,17,20,21);8H,2-7H2,1H3/t;8-/m.1/s1. The van der Waals surface area contributed by atoms with Crippen molar-refractivity contribution in [3.05, 3.63) is 42.7 Å². The molecule has 4 aromatic rings. The van der Waals surface area contributed by atoms with E-state index < -0.39 is 6.17 Å². The molecular formula is C23H29FN8O. The van der Waals surface area contributed by atoms with Gasteiger partial charge in [-0.25, -0.2) is 13.9 Å². The second-order valence-electron chi connectivity index (χ2n) is 7.86. The number of nitrogen functional groups attached to an aromatic ring is 1.